The summed E-state index contributed by atoms with van der Waals surface area (Å²) >= 11 is 0. The maximum Gasteiger partial charge on any atom is 0.390 e. The van der Waals surface area contributed by atoms with Gasteiger partial charge in [-0.05, 0) is 12.1 Å². The van der Waals surface area contributed by atoms with Gasteiger partial charge in [-0.3, -0.25) is 9.40 Å². The number of aromatic nitrogens is 5. The van der Waals surface area contributed by atoms with Crippen LogP contribution in [0, 0.1) is 5.82 Å². The monoisotopic (exact) mass is 496 g/mol. The summed E-state index contributed by atoms with van der Waals surface area (Å²) in [4.78, 5) is 8.10. The molecular weight excluding hydrogens is 480 g/mol. The van der Waals surface area contributed by atoms with E-state index >= 15 is 0 Å². The van der Waals surface area contributed by atoms with Gasteiger partial charge in [0.15, 0.2) is 5.82 Å². The van der Waals surface area contributed by atoms with Gasteiger partial charge in [-0.25, -0.2) is 22.8 Å². The summed E-state index contributed by atoms with van der Waals surface area (Å²) in [7, 11) is -4.24. The minimum Gasteiger partial charge on any atom is -0.364 e. The molecule has 0 spiro atoms. The van der Waals surface area contributed by atoms with Crippen LogP contribution in [-0.4, -0.2) is 45.3 Å². The fourth-order valence-corrected chi connectivity index (χ4v) is 4.05. The Hall–Kier alpha value is -3.81. The Morgan fingerprint density at radius 2 is 1.79 bits per heavy atom. The second kappa shape index (κ2) is 9.21. The third kappa shape index (κ3) is 5.75. The third-order valence-corrected chi connectivity index (χ3v) is 5.86. The highest BCUT2D eigenvalue weighted by atomic mass is 32.2. The molecule has 0 aliphatic rings. The Morgan fingerprint density at radius 1 is 1.06 bits per heavy atom. The minimum absolute atomic E-state index is 0.0754. The number of sulfonamides is 1. The fourth-order valence-electron chi connectivity index (χ4n) is 2.98. The van der Waals surface area contributed by atoms with Crippen molar-refractivity contribution in [1.29, 1.82) is 0 Å². The second-order valence-corrected chi connectivity index (χ2v) is 8.97. The van der Waals surface area contributed by atoms with Crippen LogP contribution in [0.4, 0.5) is 23.2 Å². The normalized spacial score (nSPS) is 12.1. The van der Waals surface area contributed by atoms with E-state index < -0.39 is 34.2 Å². The molecule has 0 saturated heterocycles. The van der Waals surface area contributed by atoms with E-state index in [0.29, 0.717) is 17.0 Å². The largest absolute Gasteiger partial charge is 0.390 e. The molecule has 0 bridgehead atoms. The van der Waals surface area contributed by atoms with Crippen molar-refractivity contribution >= 4 is 15.7 Å². The number of nitrogens with one attached hydrogen (secondary N) is 1. The van der Waals surface area contributed by atoms with Gasteiger partial charge in [-0.15, -0.1) is 0 Å². The lowest BCUT2D eigenvalue weighted by molar-refractivity contribution is -0.129. The van der Waals surface area contributed by atoms with Crippen molar-refractivity contribution < 1.29 is 30.5 Å². The van der Waals surface area contributed by atoms with E-state index in [1.54, 1.807) is 30.3 Å². The van der Waals surface area contributed by atoms with Crippen molar-refractivity contribution in [2.24, 2.45) is 0 Å². The van der Waals surface area contributed by atoms with Crippen molar-refractivity contribution in [1.82, 2.24) is 24.9 Å². The van der Waals surface area contributed by atoms with Crippen LogP contribution in [-0.2, 0) is 16.6 Å². The van der Waals surface area contributed by atoms with Crippen LogP contribution in [0.2, 0.25) is 0 Å². The van der Waals surface area contributed by atoms with Crippen LogP contribution in [0.15, 0.2) is 59.6 Å². The second-order valence-electron chi connectivity index (χ2n) is 7.13. The lowest BCUT2D eigenvalue weighted by Gasteiger charge is -2.09. The quantitative estimate of drug-likeness (QED) is 0.368. The summed E-state index contributed by atoms with van der Waals surface area (Å²) in [5.74, 6) is -1.43. The first-order valence-electron chi connectivity index (χ1n) is 9.71. The number of hydrogen-bond acceptors (Lipinski definition) is 7. The lowest BCUT2D eigenvalue weighted by atomic mass is 10.2. The number of nitrogens with zero attached hydrogens (tertiary/aromatic N) is 5. The Morgan fingerprint density at radius 3 is 2.44 bits per heavy atom. The number of rotatable bonds is 8. The summed E-state index contributed by atoms with van der Waals surface area (Å²) in [6.45, 7) is 0.0754. The standard InChI is InChI=1S/C20H16F4N6O3S/c21-15-4-2-1-3-13(15)12-30-18(16-5-7-33-28-16)9-17(27-30)19-25-10-14(11-26-19)29-34(31,32)8-6-20(22,23)24/h1-5,7,9-11,29H,6,8,12H2. The molecule has 4 aromatic rings. The van der Waals surface area contributed by atoms with Crippen molar-refractivity contribution in [2.75, 3.05) is 10.5 Å². The number of hydrogen-bond donors (Lipinski definition) is 1. The zero-order valence-electron chi connectivity index (χ0n) is 17.2. The smallest absolute Gasteiger partial charge is 0.364 e. The molecule has 34 heavy (non-hydrogen) atoms. The molecule has 14 heteroatoms. The molecule has 0 amide bonds. The van der Waals surface area contributed by atoms with Gasteiger partial charge in [0.1, 0.15) is 23.5 Å². The van der Waals surface area contributed by atoms with Gasteiger partial charge in [-0.2, -0.15) is 18.3 Å². The highest BCUT2D eigenvalue weighted by molar-refractivity contribution is 7.92. The molecule has 0 aliphatic carbocycles. The molecule has 0 saturated carbocycles. The zero-order chi connectivity index (χ0) is 24.3. The average molecular weight is 496 g/mol. The number of alkyl halides is 3. The van der Waals surface area contributed by atoms with E-state index in [2.05, 4.69) is 20.2 Å². The van der Waals surface area contributed by atoms with E-state index in [0.717, 1.165) is 12.4 Å². The van der Waals surface area contributed by atoms with E-state index in [-0.39, 0.29) is 23.8 Å². The van der Waals surface area contributed by atoms with E-state index in [4.69, 9.17) is 4.52 Å². The third-order valence-electron chi connectivity index (χ3n) is 4.57. The SMILES string of the molecule is O=S(=O)(CCC(F)(F)F)Nc1cnc(-c2cc(-c3ccon3)n(Cc3ccccc3F)n2)nc1. The Labute approximate surface area is 190 Å². The number of benzene rings is 1. The van der Waals surface area contributed by atoms with Crippen LogP contribution in [0.5, 0.6) is 0 Å². The van der Waals surface area contributed by atoms with E-state index in [1.165, 1.54) is 17.0 Å². The van der Waals surface area contributed by atoms with Gasteiger partial charge in [-0.1, -0.05) is 23.4 Å². The molecule has 3 heterocycles. The highest BCUT2D eigenvalue weighted by Crippen LogP contribution is 2.25. The maximum absolute atomic E-state index is 14.2. The summed E-state index contributed by atoms with van der Waals surface area (Å²) in [6, 6.07) is 9.39. The lowest BCUT2D eigenvalue weighted by Crippen LogP contribution is -2.22. The van der Waals surface area contributed by atoms with Gasteiger partial charge in [0.05, 0.1) is 42.5 Å². The zero-order valence-corrected chi connectivity index (χ0v) is 18.0. The van der Waals surface area contributed by atoms with Crippen molar-refractivity contribution in [2.45, 2.75) is 19.1 Å². The first kappa shape index (κ1) is 23.4. The van der Waals surface area contributed by atoms with Crippen molar-refractivity contribution in [3.8, 4) is 22.9 Å². The molecule has 1 N–H and O–H groups in total. The van der Waals surface area contributed by atoms with Crippen LogP contribution < -0.4 is 4.72 Å². The number of halogens is 4. The predicted octanol–water partition coefficient (Wildman–Crippen LogP) is 3.88. The molecule has 4 rings (SSSR count). The molecular formula is C20H16F4N6O3S. The van der Waals surface area contributed by atoms with Crippen molar-refractivity contribution in [3.05, 3.63) is 66.4 Å². The summed E-state index contributed by atoms with van der Waals surface area (Å²) in [6.07, 6.45) is -2.49. The molecule has 9 nitrogen and oxygen atoms in total. The Balaban J connectivity index is 1.58. The minimum atomic E-state index is -4.60. The van der Waals surface area contributed by atoms with Gasteiger partial charge < -0.3 is 4.52 Å². The molecule has 0 fully saturated rings. The maximum atomic E-state index is 14.2. The van der Waals surface area contributed by atoms with Gasteiger partial charge >= 0.3 is 6.18 Å². The number of anilines is 1. The van der Waals surface area contributed by atoms with Gasteiger partial charge in [0.2, 0.25) is 10.0 Å². The predicted molar refractivity (Wildman–Crippen MR) is 112 cm³/mol. The first-order valence-corrected chi connectivity index (χ1v) is 11.4. The first-order chi connectivity index (χ1) is 16.1. The Bertz CT molecular complexity index is 1370. The summed E-state index contributed by atoms with van der Waals surface area (Å²) in [5.41, 5.74) is 1.48. The van der Waals surface area contributed by atoms with Crippen LogP contribution in [0.25, 0.3) is 22.9 Å². The molecule has 1 aromatic carbocycles. The van der Waals surface area contributed by atoms with Gasteiger partial charge in [0, 0.05) is 11.6 Å². The van der Waals surface area contributed by atoms with Crippen LogP contribution >= 0.6 is 0 Å². The highest BCUT2D eigenvalue weighted by Gasteiger charge is 2.30. The molecule has 0 radical (unpaired) electrons. The van der Waals surface area contributed by atoms with Crippen LogP contribution in [0.1, 0.15) is 12.0 Å². The molecule has 178 valence electrons. The van der Waals surface area contributed by atoms with E-state index in [1.807, 2.05) is 4.72 Å². The molecule has 3 aromatic heterocycles. The molecule has 0 unspecified atom stereocenters. The van der Waals surface area contributed by atoms with Gasteiger partial charge in [0.25, 0.3) is 0 Å². The molecule has 0 aliphatic heterocycles. The summed E-state index contributed by atoms with van der Waals surface area (Å²) < 4.78 is 83.2. The van der Waals surface area contributed by atoms with Crippen molar-refractivity contribution in [3.63, 3.8) is 0 Å². The topological polar surface area (TPSA) is 116 Å². The Kier molecular flexibility index (Phi) is 6.32. The van der Waals surface area contributed by atoms with E-state index in [9.17, 15) is 26.0 Å². The van der Waals surface area contributed by atoms with Crippen LogP contribution in [0.3, 0.4) is 0 Å². The molecule has 0 atom stereocenters. The summed E-state index contributed by atoms with van der Waals surface area (Å²) in [5, 5.41) is 8.29. The average Bonchev–Trinajstić information content (AvgIpc) is 3.44. The fraction of sp³-hybridized carbons (Fsp3) is 0.200.